The highest BCUT2D eigenvalue weighted by Crippen LogP contribution is 2.16. The van der Waals surface area contributed by atoms with Gasteiger partial charge in [0.25, 0.3) is 0 Å². The van der Waals surface area contributed by atoms with Crippen LogP contribution in [0.25, 0.3) is 10.4 Å². The summed E-state index contributed by atoms with van der Waals surface area (Å²) in [5.74, 6) is -1.11. The molecule has 0 aliphatic carbocycles. The highest BCUT2D eigenvalue weighted by Gasteiger charge is 2.35. The van der Waals surface area contributed by atoms with E-state index in [4.69, 9.17) is 10.3 Å². The summed E-state index contributed by atoms with van der Waals surface area (Å²) in [6.45, 7) is 2.26. The van der Waals surface area contributed by atoms with E-state index in [-0.39, 0.29) is 25.2 Å². The first-order valence-electron chi connectivity index (χ1n) is 10.1. The van der Waals surface area contributed by atoms with Crippen molar-refractivity contribution >= 4 is 17.7 Å². The number of ether oxygens (including phenoxy) is 1. The van der Waals surface area contributed by atoms with Gasteiger partial charge in [0.1, 0.15) is 17.9 Å². The lowest BCUT2D eigenvalue weighted by Crippen LogP contribution is -2.38. The Hall–Kier alpha value is -2.08. The summed E-state index contributed by atoms with van der Waals surface area (Å²) in [6, 6.07) is -0.767. The summed E-state index contributed by atoms with van der Waals surface area (Å²) in [6.07, 6.45) is 10.5. The number of amides is 1. The fourth-order valence-electron chi connectivity index (χ4n) is 3.16. The maximum atomic E-state index is 11.9. The van der Waals surface area contributed by atoms with Gasteiger partial charge in [-0.2, -0.15) is 0 Å². The minimum Gasteiger partial charge on any atom is -0.461 e. The molecule has 0 unspecified atom stereocenters. The van der Waals surface area contributed by atoms with Gasteiger partial charge in [-0.05, 0) is 12.0 Å². The zero-order valence-electron chi connectivity index (χ0n) is 16.3. The number of azide groups is 1. The van der Waals surface area contributed by atoms with Crippen LogP contribution in [0.4, 0.5) is 0 Å². The van der Waals surface area contributed by atoms with E-state index in [0.717, 1.165) is 19.3 Å². The van der Waals surface area contributed by atoms with Crippen LogP contribution in [0.1, 0.15) is 84.0 Å². The van der Waals surface area contributed by atoms with Crippen LogP contribution in [-0.2, 0) is 19.1 Å². The van der Waals surface area contributed by atoms with E-state index in [1.54, 1.807) is 0 Å². The summed E-state index contributed by atoms with van der Waals surface area (Å²) in [7, 11) is 0. The molecule has 1 fully saturated rings. The Bertz CT molecular complexity index is 532. The van der Waals surface area contributed by atoms with Crippen molar-refractivity contribution < 1.29 is 19.1 Å². The number of unbranched alkanes of at least 4 members (excludes halogenated alkanes) is 8. The van der Waals surface area contributed by atoms with E-state index < -0.39 is 24.0 Å². The largest absolute Gasteiger partial charge is 0.461 e. The second kappa shape index (κ2) is 14.0. The molecule has 1 saturated heterocycles. The number of carbonyl (C=O) groups is 3. The van der Waals surface area contributed by atoms with Crippen molar-refractivity contribution in [2.45, 2.75) is 96.1 Å². The van der Waals surface area contributed by atoms with E-state index in [2.05, 4.69) is 22.3 Å². The molecule has 0 aromatic heterocycles. The van der Waals surface area contributed by atoms with Gasteiger partial charge in [0.05, 0.1) is 13.0 Å². The van der Waals surface area contributed by atoms with Gasteiger partial charge in [0, 0.05) is 17.8 Å². The predicted octanol–water partition coefficient (Wildman–Crippen LogP) is 3.98. The fraction of sp³-hybridized carbons (Fsp3) is 0.842. The lowest BCUT2D eigenvalue weighted by Gasteiger charge is -2.08. The number of ketones is 1. The molecule has 27 heavy (non-hydrogen) atoms. The Morgan fingerprint density at radius 2 is 1.78 bits per heavy atom. The van der Waals surface area contributed by atoms with Crippen LogP contribution in [0.15, 0.2) is 5.11 Å². The summed E-state index contributed by atoms with van der Waals surface area (Å²) >= 11 is 0. The molecule has 0 saturated carbocycles. The van der Waals surface area contributed by atoms with Crippen molar-refractivity contribution in [3.63, 3.8) is 0 Å². The van der Waals surface area contributed by atoms with Crippen molar-refractivity contribution in [2.24, 2.45) is 5.11 Å². The van der Waals surface area contributed by atoms with E-state index in [1.807, 2.05) is 0 Å². The normalized spacial score (nSPS) is 18.6. The van der Waals surface area contributed by atoms with Gasteiger partial charge in [-0.1, -0.05) is 63.4 Å². The average molecular weight is 380 g/mol. The SMILES string of the molecule is CCCCCCCCCCCC(=O)CC(=O)N[C@H]1C[C@@H](CN=[N+]=[N-])OC1=O. The lowest BCUT2D eigenvalue weighted by atomic mass is 10.0. The van der Waals surface area contributed by atoms with Gasteiger partial charge >= 0.3 is 5.97 Å². The highest BCUT2D eigenvalue weighted by atomic mass is 16.6. The fourth-order valence-corrected chi connectivity index (χ4v) is 3.16. The number of hydrogen-bond acceptors (Lipinski definition) is 5. The summed E-state index contributed by atoms with van der Waals surface area (Å²) in [4.78, 5) is 38.1. The molecule has 1 heterocycles. The molecule has 1 N–H and O–H groups in total. The number of hydrogen-bond donors (Lipinski definition) is 1. The van der Waals surface area contributed by atoms with Crippen LogP contribution >= 0.6 is 0 Å². The predicted molar refractivity (Wildman–Crippen MR) is 102 cm³/mol. The van der Waals surface area contributed by atoms with E-state index in [0.29, 0.717) is 6.42 Å². The first-order chi connectivity index (χ1) is 13.1. The number of nitrogens with zero attached hydrogens (tertiary/aromatic N) is 3. The van der Waals surface area contributed by atoms with Gasteiger partial charge in [-0.25, -0.2) is 4.79 Å². The van der Waals surface area contributed by atoms with Crippen LogP contribution in [0, 0.1) is 0 Å². The van der Waals surface area contributed by atoms with Crippen molar-refractivity contribution in [1.82, 2.24) is 5.32 Å². The van der Waals surface area contributed by atoms with Crippen LogP contribution in [0.3, 0.4) is 0 Å². The Labute approximate surface area is 161 Å². The van der Waals surface area contributed by atoms with E-state index >= 15 is 0 Å². The molecule has 1 amide bonds. The number of esters is 1. The number of carbonyl (C=O) groups excluding carboxylic acids is 3. The molecule has 1 rings (SSSR count). The van der Waals surface area contributed by atoms with E-state index in [9.17, 15) is 14.4 Å². The number of rotatable bonds is 15. The monoisotopic (exact) mass is 380 g/mol. The zero-order valence-corrected chi connectivity index (χ0v) is 16.3. The first kappa shape index (κ1) is 23.0. The summed E-state index contributed by atoms with van der Waals surface area (Å²) in [5, 5.41) is 5.89. The molecule has 8 nitrogen and oxygen atoms in total. The minimum absolute atomic E-state index is 0.0478. The van der Waals surface area contributed by atoms with Gasteiger partial charge in [0.15, 0.2) is 0 Å². The Morgan fingerprint density at radius 1 is 1.15 bits per heavy atom. The Morgan fingerprint density at radius 3 is 2.41 bits per heavy atom. The Kier molecular flexibility index (Phi) is 11.9. The van der Waals surface area contributed by atoms with Gasteiger partial charge in [0.2, 0.25) is 5.91 Å². The third kappa shape index (κ3) is 10.6. The number of cyclic esters (lactones) is 1. The molecule has 0 aromatic rings. The van der Waals surface area contributed by atoms with Crippen molar-refractivity contribution in [2.75, 3.05) is 6.54 Å². The summed E-state index contributed by atoms with van der Waals surface area (Å²) < 4.78 is 5.01. The van der Waals surface area contributed by atoms with E-state index in [1.165, 1.54) is 38.5 Å². The van der Waals surface area contributed by atoms with Crippen LogP contribution in [0.2, 0.25) is 0 Å². The molecule has 0 bridgehead atoms. The third-order valence-electron chi connectivity index (χ3n) is 4.67. The molecule has 0 aromatic carbocycles. The minimum atomic E-state index is -0.767. The molecule has 2 atom stereocenters. The maximum Gasteiger partial charge on any atom is 0.329 e. The molecule has 1 aliphatic heterocycles. The highest BCUT2D eigenvalue weighted by molar-refractivity contribution is 5.99. The van der Waals surface area contributed by atoms with Crippen molar-refractivity contribution in [3.05, 3.63) is 10.4 Å². The van der Waals surface area contributed by atoms with Gasteiger partial charge < -0.3 is 10.1 Å². The average Bonchev–Trinajstić information content (AvgIpc) is 2.97. The smallest absolute Gasteiger partial charge is 0.329 e. The first-order valence-corrected chi connectivity index (χ1v) is 10.1. The van der Waals surface area contributed by atoms with Crippen molar-refractivity contribution in [1.29, 1.82) is 0 Å². The van der Waals surface area contributed by atoms with Crippen molar-refractivity contribution in [3.8, 4) is 0 Å². The molecule has 8 heteroatoms. The van der Waals surface area contributed by atoms with Gasteiger partial charge in [-0.3, -0.25) is 9.59 Å². The van der Waals surface area contributed by atoms with Gasteiger partial charge in [-0.15, -0.1) is 0 Å². The Balaban J connectivity index is 2.08. The number of Topliss-reactive ketones (excluding diaryl/α,β-unsaturated/α-hetero) is 1. The molecule has 1 aliphatic rings. The van der Waals surface area contributed by atoms with Crippen LogP contribution in [0.5, 0.6) is 0 Å². The van der Waals surface area contributed by atoms with Crippen LogP contribution in [-0.4, -0.2) is 36.4 Å². The second-order valence-electron chi connectivity index (χ2n) is 7.12. The summed E-state index contributed by atoms with van der Waals surface area (Å²) in [5.41, 5.74) is 8.28. The molecular formula is C19H32N4O4. The van der Waals surface area contributed by atoms with Crippen LogP contribution < -0.4 is 5.32 Å². The second-order valence-corrected chi connectivity index (χ2v) is 7.12. The molecule has 0 radical (unpaired) electrons. The molecule has 0 spiro atoms. The topological polar surface area (TPSA) is 121 Å². The molecular weight excluding hydrogens is 348 g/mol. The quantitative estimate of drug-likeness (QED) is 0.115. The molecule has 152 valence electrons. The third-order valence-corrected chi connectivity index (χ3v) is 4.67. The lowest BCUT2D eigenvalue weighted by molar-refractivity contribution is -0.144. The number of nitrogens with one attached hydrogen (secondary N) is 1. The standard InChI is InChI=1S/C19H32N4O4/c1-2-3-4-5-6-7-8-9-10-11-15(24)12-18(25)22-17-13-16(14-21-23-20)27-19(17)26/h16-17H,2-14H2,1H3,(H,22,25)/t16-,17-/m0/s1. The maximum absolute atomic E-state index is 11.9. The zero-order chi connectivity index (χ0) is 19.9.